The predicted molar refractivity (Wildman–Crippen MR) is 77.0 cm³/mol. The van der Waals surface area contributed by atoms with E-state index < -0.39 is 0 Å². The van der Waals surface area contributed by atoms with E-state index >= 15 is 0 Å². The number of nitrogens with one attached hydrogen (secondary N) is 2. The Hall–Kier alpha value is -0.280. The maximum atomic E-state index is 11.9. The summed E-state index contributed by atoms with van der Waals surface area (Å²) in [6.45, 7) is 6.60. The van der Waals surface area contributed by atoms with Crippen molar-refractivity contribution >= 4 is 18.3 Å². The molecule has 0 spiro atoms. The Labute approximate surface area is 117 Å². The summed E-state index contributed by atoms with van der Waals surface area (Å²) in [6.07, 6.45) is 5.82. The fourth-order valence-corrected chi connectivity index (χ4v) is 2.85. The molecule has 2 aliphatic rings. The smallest absolute Gasteiger partial charge is 0.220 e. The zero-order valence-corrected chi connectivity index (χ0v) is 12.4. The quantitative estimate of drug-likeness (QED) is 0.808. The second-order valence-electron chi connectivity index (χ2n) is 5.98. The molecule has 0 aromatic carbocycles. The lowest BCUT2D eigenvalue weighted by Crippen LogP contribution is -2.38. The Kier molecular flexibility index (Phi) is 6.44. The van der Waals surface area contributed by atoms with Crippen LogP contribution < -0.4 is 10.6 Å². The lowest BCUT2D eigenvalue weighted by Gasteiger charge is -2.28. The highest BCUT2D eigenvalue weighted by atomic mass is 35.5. The van der Waals surface area contributed by atoms with Gasteiger partial charge in [-0.15, -0.1) is 12.4 Å². The van der Waals surface area contributed by atoms with Gasteiger partial charge < -0.3 is 10.6 Å². The van der Waals surface area contributed by atoms with Crippen molar-refractivity contribution in [1.29, 1.82) is 0 Å². The number of halogens is 1. The highest BCUT2D eigenvalue weighted by Crippen LogP contribution is 2.32. The zero-order valence-electron chi connectivity index (χ0n) is 11.6. The Morgan fingerprint density at radius 3 is 2.56 bits per heavy atom. The summed E-state index contributed by atoms with van der Waals surface area (Å²) in [4.78, 5) is 11.9. The molecule has 2 rings (SSSR count). The molecule has 4 heteroatoms. The Morgan fingerprint density at radius 2 is 2.00 bits per heavy atom. The summed E-state index contributed by atoms with van der Waals surface area (Å²) in [6, 6.07) is 0.388. The van der Waals surface area contributed by atoms with Crippen molar-refractivity contribution in [2.45, 2.75) is 52.0 Å². The van der Waals surface area contributed by atoms with Crippen molar-refractivity contribution in [2.24, 2.45) is 17.8 Å². The van der Waals surface area contributed by atoms with Crippen LogP contribution in [0, 0.1) is 17.8 Å². The largest absolute Gasteiger partial charge is 0.353 e. The molecule has 1 saturated heterocycles. The third-order valence-corrected chi connectivity index (χ3v) is 4.36. The van der Waals surface area contributed by atoms with Gasteiger partial charge >= 0.3 is 0 Å². The number of hydrogen-bond donors (Lipinski definition) is 2. The van der Waals surface area contributed by atoms with Crippen LogP contribution in [0.25, 0.3) is 0 Å². The molecule has 0 bridgehead atoms. The summed E-state index contributed by atoms with van der Waals surface area (Å²) in [5, 5.41) is 6.58. The fraction of sp³-hybridized carbons (Fsp3) is 0.929. The molecule has 1 aliphatic heterocycles. The van der Waals surface area contributed by atoms with Gasteiger partial charge in [-0.05, 0) is 63.5 Å². The second-order valence-corrected chi connectivity index (χ2v) is 5.98. The average molecular weight is 275 g/mol. The minimum absolute atomic E-state index is 0. The van der Waals surface area contributed by atoms with Crippen LogP contribution >= 0.6 is 12.4 Å². The first-order valence-electron chi connectivity index (χ1n) is 7.17. The zero-order chi connectivity index (χ0) is 12.3. The van der Waals surface area contributed by atoms with E-state index in [1.807, 2.05) is 0 Å². The Balaban J connectivity index is 0.00000162. The van der Waals surface area contributed by atoms with Crippen molar-refractivity contribution in [1.82, 2.24) is 10.6 Å². The van der Waals surface area contributed by atoms with Crippen LogP contribution in [0.4, 0.5) is 0 Å². The van der Waals surface area contributed by atoms with E-state index in [-0.39, 0.29) is 18.3 Å². The van der Waals surface area contributed by atoms with E-state index in [1.165, 1.54) is 25.7 Å². The molecule has 18 heavy (non-hydrogen) atoms. The van der Waals surface area contributed by atoms with Crippen LogP contribution in [0.5, 0.6) is 0 Å². The van der Waals surface area contributed by atoms with Gasteiger partial charge in [0.05, 0.1) is 0 Å². The fourth-order valence-electron chi connectivity index (χ4n) is 2.85. The second kappa shape index (κ2) is 7.34. The first-order valence-corrected chi connectivity index (χ1v) is 7.17. The molecule has 0 radical (unpaired) electrons. The van der Waals surface area contributed by atoms with Gasteiger partial charge in [0, 0.05) is 12.5 Å². The standard InChI is InChI=1S/C14H26N2O.ClH/c1-10(13-4-3-7-15-9-13)8-14(17)16-11(2)12-5-6-12;/h10-13,15H,3-9H2,1-2H3,(H,16,17);1H. The summed E-state index contributed by atoms with van der Waals surface area (Å²) in [5.41, 5.74) is 0. The molecular weight excluding hydrogens is 248 g/mol. The highest BCUT2D eigenvalue weighted by Gasteiger charge is 2.29. The molecule has 1 heterocycles. The van der Waals surface area contributed by atoms with E-state index in [1.54, 1.807) is 0 Å². The van der Waals surface area contributed by atoms with Crippen LogP contribution in [-0.2, 0) is 4.79 Å². The maximum absolute atomic E-state index is 11.9. The van der Waals surface area contributed by atoms with Crippen LogP contribution in [0.3, 0.4) is 0 Å². The number of hydrogen-bond acceptors (Lipinski definition) is 2. The first kappa shape index (κ1) is 15.8. The number of amides is 1. The van der Waals surface area contributed by atoms with Crippen molar-refractivity contribution < 1.29 is 4.79 Å². The highest BCUT2D eigenvalue weighted by molar-refractivity contribution is 5.85. The van der Waals surface area contributed by atoms with Crippen LogP contribution in [0.1, 0.15) is 46.0 Å². The molecule has 1 saturated carbocycles. The number of piperidine rings is 1. The number of rotatable bonds is 5. The molecule has 1 amide bonds. The summed E-state index contributed by atoms with van der Waals surface area (Å²) in [7, 11) is 0. The van der Waals surface area contributed by atoms with Gasteiger partial charge in [0.1, 0.15) is 0 Å². The summed E-state index contributed by atoms with van der Waals surface area (Å²) >= 11 is 0. The van der Waals surface area contributed by atoms with E-state index in [0.29, 0.717) is 24.3 Å². The lowest BCUT2D eigenvalue weighted by atomic mass is 9.85. The number of carbonyl (C=O) groups excluding carboxylic acids is 1. The minimum atomic E-state index is 0. The summed E-state index contributed by atoms with van der Waals surface area (Å²) in [5.74, 6) is 2.20. The molecule has 0 aromatic heterocycles. The molecule has 2 N–H and O–H groups in total. The van der Waals surface area contributed by atoms with Gasteiger partial charge in [-0.2, -0.15) is 0 Å². The van der Waals surface area contributed by atoms with E-state index in [2.05, 4.69) is 24.5 Å². The SMILES string of the molecule is CC(CC(=O)NC(C)C1CC1)C1CCCNC1.Cl. The van der Waals surface area contributed by atoms with Crippen molar-refractivity contribution in [3.63, 3.8) is 0 Å². The third kappa shape index (κ3) is 4.77. The molecule has 106 valence electrons. The van der Waals surface area contributed by atoms with Gasteiger partial charge in [0.15, 0.2) is 0 Å². The Morgan fingerprint density at radius 1 is 1.28 bits per heavy atom. The van der Waals surface area contributed by atoms with Gasteiger partial charge in [-0.25, -0.2) is 0 Å². The van der Waals surface area contributed by atoms with Gasteiger partial charge in [0.25, 0.3) is 0 Å². The van der Waals surface area contributed by atoms with E-state index in [9.17, 15) is 4.79 Å². The van der Waals surface area contributed by atoms with Crippen LogP contribution in [0.2, 0.25) is 0 Å². The predicted octanol–water partition coefficient (Wildman–Crippen LogP) is 2.35. The number of carbonyl (C=O) groups is 1. The molecule has 0 aromatic rings. The molecule has 1 aliphatic carbocycles. The Bertz CT molecular complexity index is 263. The molecule has 3 unspecified atom stereocenters. The van der Waals surface area contributed by atoms with Crippen molar-refractivity contribution in [3.05, 3.63) is 0 Å². The van der Waals surface area contributed by atoms with Gasteiger partial charge in [-0.1, -0.05) is 6.92 Å². The molecule has 2 fully saturated rings. The first-order chi connectivity index (χ1) is 8.16. The maximum Gasteiger partial charge on any atom is 0.220 e. The lowest BCUT2D eigenvalue weighted by molar-refractivity contribution is -0.123. The monoisotopic (exact) mass is 274 g/mol. The van der Waals surface area contributed by atoms with Gasteiger partial charge in [0.2, 0.25) is 5.91 Å². The summed E-state index contributed by atoms with van der Waals surface area (Å²) < 4.78 is 0. The van der Waals surface area contributed by atoms with Crippen LogP contribution in [-0.4, -0.2) is 25.0 Å². The minimum Gasteiger partial charge on any atom is -0.353 e. The van der Waals surface area contributed by atoms with Crippen LogP contribution in [0.15, 0.2) is 0 Å². The van der Waals surface area contributed by atoms with E-state index in [0.717, 1.165) is 19.0 Å². The van der Waals surface area contributed by atoms with Gasteiger partial charge in [-0.3, -0.25) is 4.79 Å². The van der Waals surface area contributed by atoms with Crippen molar-refractivity contribution in [3.8, 4) is 0 Å². The van der Waals surface area contributed by atoms with Crippen molar-refractivity contribution in [2.75, 3.05) is 13.1 Å². The molecule has 3 atom stereocenters. The average Bonchev–Trinajstić information content (AvgIpc) is 3.13. The normalized spacial score (nSPS) is 26.9. The molecular formula is C14H27ClN2O. The molecule has 3 nitrogen and oxygen atoms in total. The van der Waals surface area contributed by atoms with E-state index in [4.69, 9.17) is 0 Å². The third-order valence-electron chi connectivity index (χ3n) is 4.36. The topological polar surface area (TPSA) is 41.1 Å².